The lowest BCUT2D eigenvalue weighted by atomic mass is 10.1. The Bertz CT molecular complexity index is 405. The number of hydrogen-bond donors (Lipinski definition) is 2. The van der Waals surface area contributed by atoms with Crippen LogP contribution in [0.15, 0.2) is 18.3 Å². The fourth-order valence-corrected chi connectivity index (χ4v) is 3.11. The summed E-state index contributed by atoms with van der Waals surface area (Å²) in [5.74, 6) is 2.93. The molecule has 2 heterocycles. The number of nitrogens with zero attached hydrogens (tertiary/aromatic N) is 1. The van der Waals surface area contributed by atoms with Crippen molar-refractivity contribution in [3.05, 3.63) is 23.9 Å². The van der Waals surface area contributed by atoms with Gasteiger partial charge in [0.25, 0.3) is 5.91 Å². The average Bonchev–Trinajstić information content (AvgIpc) is 2.41. The van der Waals surface area contributed by atoms with Crippen molar-refractivity contribution in [2.45, 2.75) is 25.8 Å². The van der Waals surface area contributed by atoms with Gasteiger partial charge in [0.15, 0.2) is 0 Å². The first-order chi connectivity index (χ1) is 8.81. The zero-order valence-electron chi connectivity index (χ0n) is 10.6. The quantitative estimate of drug-likeness (QED) is 0.876. The molecule has 2 N–H and O–H groups in total. The highest BCUT2D eigenvalue weighted by Gasteiger charge is 2.18. The molecule has 0 aliphatic carbocycles. The third kappa shape index (κ3) is 3.38. The maximum Gasteiger partial charge on any atom is 0.255 e. The number of thioether (sulfide) groups is 1. The summed E-state index contributed by atoms with van der Waals surface area (Å²) in [6, 6.07) is 3.93. The molecule has 1 aliphatic heterocycles. The van der Waals surface area contributed by atoms with Crippen molar-refractivity contribution in [2.24, 2.45) is 0 Å². The zero-order chi connectivity index (χ0) is 12.8. The summed E-state index contributed by atoms with van der Waals surface area (Å²) < 4.78 is 0. The summed E-state index contributed by atoms with van der Waals surface area (Å²) in [5.41, 5.74) is 0.637. The number of pyridine rings is 1. The van der Waals surface area contributed by atoms with Crippen LogP contribution in [0, 0.1) is 0 Å². The molecule has 0 unspecified atom stereocenters. The average molecular weight is 265 g/mol. The third-order valence-electron chi connectivity index (χ3n) is 2.95. The molecule has 2 rings (SSSR count). The summed E-state index contributed by atoms with van der Waals surface area (Å²) >= 11 is 1.96. The van der Waals surface area contributed by atoms with Crippen molar-refractivity contribution >= 4 is 23.5 Å². The van der Waals surface area contributed by atoms with Crippen LogP contribution >= 0.6 is 11.8 Å². The Morgan fingerprint density at radius 3 is 3.00 bits per heavy atom. The largest absolute Gasteiger partial charge is 0.370 e. The van der Waals surface area contributed by atoms with Crippen LogP contribution in [0.25, 0.3) is 0 Å². The van der Waals surface area contributed by atoms with E-state index in [0.29, 0.717) is 17.4 Å². The van der Waals surface area contributed by atoms with E-state index in [9.17, 15) is 4.79 Å². The fraction of sp³-hybridized carbons (Fsp3) is 0.538. The molecular weight excluding hydrogens is 246 g/mol. The Morgan fingerprint density at radius 1 is 1.50 bits per heavy atom. The van der Waals surface area contributed by atoms with Gasteiger partial charge in [-0.15, -0.1) is 0 Å². The van der Waals surface area contributed by atoms with E-state index < -0.39 is 0 Å². The van der Waals surface area contributed by atoms with E-state index in [0.717, 1.165) is 30.9 Å². The lowest BCUT2D eigenvalue weighted by Crippen LogP contribution is -2.37. The highest BCUT2D eigenvalue weighted by molar-refractivity contribution is 7.99. The number of carbonyl (C=O) groups excluding carboxylic acids is 1. The monoisotopic (exact) mass is 265 g/mol. The first-order valence-electron chi connectivity index (χ1n) is 6.38. The lowest BCUT2D eigenvalue weighted by molar-refractivity contribution is 0.0935. The molecule has 1 aromatic rings. The Kier molecular flexibility index (Phi) is 4.87. The smallest absolute Gasteiger partial charge is 0.255 e. The molecule has 0 spiro atoms. The topological polar surface area (TPSA) is 54.0 Å². The predicted octanol–water partition coefficient (Wildman–Crippen LogP) is 2.14. The summed E-state index contributed by atoms with van der Waals surface area (Å²) in [6.45, 7) is 2.76. The van der Waals surface area contributed by atoms with E-state index in [-0.39, 0.29) is 5.91 Å². The van der Waals surface area contributed by atoms with Crippen LogP contribution in [0.2, 0.25) is 0 Å². The van der Waals surface area contributed by atoms with Gasteiger partial charge >= 0.3 is 0 Å². The predicted molar refractivity (Wildman–Crippen MR) is 76.2 cm³/mol. The molecule has 4 nitrogen and oxygen atoms in total. The molecule has 1 fully saturated rings. The van der Waals surface area contributed by atoms with Gasteiger partial charge in [0, 0.05) is 18.8 Å². The number of carbonyl (C=O) groups is 1. The summed E-state index contributed by atoms with van der Waals surface area (Å²) in [4.78, 5) is 16.4. The van der Waals surface area contributed by atoms with E-state index in [4.69, 9.17) is 0 Å². The van der Waals surface area contributed by atoms with Crippen LogP contribution in [0.1, 0.15) is 30.1 Å². The molecule has 18 heavy (non-hydrogen) atoms. The van der Waals surface area contributed by atoms with E-state index in [1.54, 1.807) is 12.3 Å². The van der Waals surface area contributed by atoms with Crippen LogP contribution in [0.4, 0.5) is 5.82 Å². The molecule has 98 valence electrons. The van der Waals surface area contributed by atoms with E-state index in [1.807, 2.05) is 24.8 Å². The second kappa shape index (κ2) is 6.64. The van der Waals surface area contributed by atoms with Gasteiger partial charge in [-0.3, -0.25) is 4.79 Å². The van der Waals surface area contributed by atoms with Gasteiger partial charge in [-0.2, -0.15) is 11.8 Å². The van der Waals surface area contributed by atoms with Gasteiger partial charge in [-0.05, 0) is 43.4 Å². The van der Waals surface area contributed by atoms with Crippen LogP contribution in [0.3, 0.4) is 0 Å². The molecule has 0 atom stereocenters. The van der Waals surface area contributed by atoms with Crippen LogP contribution in [-0.2, 0) is 0 Å². The van der Waals surface area contributed by atoms with Gasteiger partial charge in [0.1, 0.15) is 5.82 Å². The van der Waals surface area contributed by atoms with Crippen molar-refractivity contribution in [1.82, 2.24) is 10.3 Å². The standard InChI is InChI=1S/C13H19N3OS/c1-2-14-12-11(4-3-7-15-12)13(17)16-10-5-8-18-9-6-10/h3-4,7,10H,2,5-6,8-9H2,1H3,(H,14,15)(H,16,17). The third-order valence-corrected chi connectivity index (χ3v) is 4.00. The number of aromatic nitrogens is 1. The van der Waals surface area contributed by atoms with Crippen LogP contribution < -0.4 is 10.6 Å². The Hall–Kier alpha value is -1.23. The first-order valence-corrected chi connectivity index (χ1v) is 7.54. The Labute approximate surface area is 112 Å². The molecule has 0 aromatic carbocycles. The van der Waals surface area contributed by atoms with E-state index in [1.165, 1.54) is 0 Å². The van der Waals surface area contributed by atoms with Crippen LogP contribution in [0.5, 0.6) is 0 Å². The van der Waals surface area contributed by atoms with Crippen molar-refractivity contribution in [2.75, 3.05) is 23.4 Å². The van der Waals surface area contributed by atoms with Crippen molar-refractivity contribution in [1.29, 1.82) is 0 Å². The van der Waals surface area contributed by atoms with E-state index >= 15 is 0 Å². The minimum Gasteiger partial charge on any atom is -0.370 e. The molecule has 0 saturated carbocycles. The second-order valence-electron chi connectivity index (χ2n) is 4.29. The molecule has 1 amide bonds. The summed E-state index contributed by atoms with van der Waals surface area (Å²) in [7, 11) is 0. The summed E-state index contributed by atoms with van der Waals surface area (Å²) in [6.07, 6.45) is 3.83. The highest BCUT2D eigenvalue weighted by Crippen LogP contribution is 2.18. The Morgan fingerprint density at radius 2 is 2.28 bits per heavy atom. The maximum atomic E-state index is 12.2. The van der Waals surface area contributed by atoms with Gasteiger partial charge in [0.2, 0.25) is 0 Å². The molecule has 0 radical (unpaired) electrons. The number of amides is 1. The van der Waals surface area contributed by atoms with Crippen molar-refractivity contribution < 1.29 is 4.79 Å². The molecule has 0 bridgehead atoms. The number of anilines is 1. The number of nitrogens with one attached hydrogen (secondary N) is 2. The first kappa shape index (κ1) is 13.2. The van der Waals surface area contributed by atoms with Gasteiger partial charge in [-0.1, -0.05) is 0 Å². The van der Waals surface area contributed by atoms with Crippen LogP contribution in [-0.4, -0.2) is 35.0 Å². The van der Waals surface area contributed by atoms with Gasteiger partial charge in [0.05, 0.1) is 5.56 Å². The SMILES string of the molecule is CCNc1ncccc1C(=O)NC1CCSCC1. The molecule has 1 aliphatic rings. The number of rotatable bonds is 4. The van der Waals surface area contributed by atoms with Gasteiger partial charge < -0.3 is 10.6 Å². The minimum atomic E-state index is -0.0176. The number of hydrogen-bond acceptors (Lipinski definition) is 4. The van der Waals surface area contributed by atoms with Crippen molar-refractivity contribution in [3.63, 3.8) is 0 Å². The fourth-order valence-electron chi connectivity index (χ4n) is 2.00. The van der Waals surface area contributed by atoms with Crippen molar-refractivity contribution in [3.8, 4) is 0 Å². The molecular formula is C13H19N3OS. The Balaban J connectivity index is 2.03. The molecule has 1 saturated heterocycles. The minimum absolute atomic E-state index is 0.0176. The molecule has 1 aromatic heterocycles. The lowest BCUT2D eigenvalue weighted by Gasteiger charge is -2.22. The van der Waals surface area contributed by atoms with E-state index in [2.05, 4.69) is 15.6 Å². The normalized spacial score (nSPS) is 16.3. The summed E-state index contributed by atoms with van der Waals surface area (Å²) in [5, 5.41) is 6.22. The highest BCUT2D eigenvalue weighted by atomic mass is 32.2. The van der Waals surface area contributed by atoms with Gasteiger partial charge in [-0.25, -0.2) is 4.98 Å². The molecule has 5 heteroatoms. The second-order valence-corrected chi connectivity index (χ2v) is 5.51. The zero-order valence-corrected chi connectivity index (χ0v) is 11.4. The maximum absolute atomic E-state index is 12.2.